The zero-order chi connectivity index (χ0) is 18.7. The highest BCUT2D eigenvalue weighted by molar-refractivity contribution is 5.77. The average Bonchev–Trinajstić information content (AvgIpc) is 3.06. The van der Waals surface area contributed by atoms with Crippen molar-refractivity contribution in [2.75, 3.05) is 7.05 Å². The predicted molar refractivity (Wildman–Crippen MR) is 93.4 cm³/mol. The number of rotatable bonds is 6. The minimum Gasteiger partial charge on any atom is -0.439 e. The second-order valence-corrected chi connectivity index (χ2v) is 5.42. The fraction of sp³-hybridized carbons (Fsp3) is 0.118. The summed E-state index contributed by atoms with van der Waals surface area (Å²) in [4.78, 5) is 25.1. The minimum atomic E-state index is -0.478. The number of aromatic nitrogens is 1. The Bertz CT molecular complexity index is 873. The molecule has 0 unspecified atom stereocenters. The van der Waals surface area contributed by atoms with Crippen LogP contribution >= 0.6 is 0 Å². The van der Waals surface area contributed by atoms with Gasteiger partial charge in [0.2, 0.25) is 5.89 Å². The first-order valence-corrected chi connectivity index (χ1v) is 7.63. The largest absolute Gasteiger partial charge is 0.439 e. The highest BCUT2D eigenvalue weighted by Gasteiger charge is 2.18. The van der Waals surface area contributed by atoms with Gasteiger partial charge in [-0.15, -0.1) is 0 Å². The summed E-state index contributed by atoms with van der Waals surface area (Å²) in [6.07, 6.45) is 0. The standard InChI is InChI=1S/C17H14N4O5/c1-18-10-15-19-16(11-2-6-13(7-3-11)20(22)23)17(26-15)12-4-8-14(9-5-12)21(24)25/h2-9,18H,10H2,1H3. The van der Waals surface area contributed by atoms with Gasteiger partial charge in [0.15, 0.2) is 5.76 Å². The fourth-order valence-electron chi connectivity index (χ4n) is 2.46. The van der Waals surface area contributed by atoms with Crippen molar-refractivity contribution in [3.8, 4) is 22.6 Å². The van der Waals surface area contributed by atoms with Crippen LogP contribution in [0.1, 0.15) is 5.89 Å². The number of non-ortho nitro benzene ring substituents is 2. The van der Waals surface area contributed by atoms with Crippen LogP contribution in [-0.4, -0.2) is 21.9 Å². The lowest BCUT2D eigenvalue weighted by atomic mass is 10.1. The van der Waals surface area contributed by atoms with Crippen LogP contribution in [0.15, 0.2) is 52.9 Å². The lowest BCUT2D eigenvalue weighted by Gasteiger charge is -2.02. The van der Waals surface area contributed by atoms with Gasteiger partial charge in [-0.3, -0.25) is 20.2 Å². The molecule has 9 heteroatoms. The van der Waals surface area contributed by atoms with Gasteiger partial charge in [0, 0.05) is 35.4 Å². The average molecular weight is 354 g/mol. The molecule has 1 heterocycles. The van der Waals surface area contributed by atoms with Crippen LogP contribution < -0.4 is 5.32 Å². The molecule has 0 radical (unpaired) electrons. The Hall–Kier alpha value is -3.59. The van der Waals surface area contributed by atoms with E-state index in [1.54, 1.807) is 31.3 Å². The summed E-state index contributed by atoms with van der Waals surface area (Å²) in [6.45, 7) is 0.396. The Labute approximate surface area is 147 Å². The van der Waals surface area contributed by atoms with Crippen molar-refractivity contribution in [2.45, 2.75) is 6.54 Å². The topological polar surface area (TPSA) is 124 Å². The van der Waals surface area contributed by atoms with E-state index >= 15 is 0 Å². The third-order valence-corrected chi connectivity index (χ3v) is 3.69. The summed E-state index contributed by atoms with van der Waals surface area (Å²) in [5.41, 5.74) is 1.73. The molecule has 0 spiro atoms. The van der Waals surface area contributed by atoms with Gasteiger partial charge >= 0.3 is 0 Å². The van der Waals surface area contributed by atoms with E-state index in [0.29, 0.717) is 35.0 Å². The summed E-state index contributed by atoms with van der Waals surface area (Å²) < 4.78 is 5.80. The molecule has 9 nitrogen and oxygen atoms in total. The third kappa shape index (κ3) is 3.42. The lowest BCUT2D eigenvalue weighted by molar-refractivity contribution is -0.385. The Morgan fingerprint density at radius 1 is 0.923 bits per heavy atom. The number of hydrogen-bond acceptors (Lipinski definition) is 7. The van der Waals surface area contributed by atoms with Crippen LogP contribution in [0.2, 0.25) is 0 Å². The maximum absolute atomic E-state index is 10.8. The second kappa shape index (κ2) is 7.11. The quantitative estimate of drug-likeness (QED) is 0.530. The van der Waals surface area contributed by atoms with Crippen LogP contribution in [0, 0.1) is 20.2 Å². The van der Waals surface area contributed by atoms with Crippen LogP contribution in [0.5, 0.6) is 0 Å². The van der Waals surface area contributed by atoms with Crippen molar-refractivity contribution in [3.05, 3.63) is 74.7 Å². The number of nitrogens with one attached hydrogen (secondary N) is 1. The van der Waals surface area contributed by atoms with Gasteiger partial charge in [-0.05, 0) is 31.3 Å². The summed E-state index contributed by atoms with van der Waals surface area (Å²) in [6, 6.07) is 11.9. The molecule has 0 saturated carbocycles. The zero-order valence-electron chi connectivity index (χ0n) is 13.7. The van der Waals surface area contributed by atoms with Gasteiger partial charge in [0.25, 0.3) is 11.4 Å². The van der Waals surface area contributed by atoms with Gasteiger partial charge < -0.3 is 9.73 Å². The van der Waals surface area contributed by atoms with Crippen molar-refractivity contribution in [2.24, 2.45) is 0 Å². The second-order valence-electron chi connectivity index (χ2n) is 5.42. The van der Waals surface area contributed by atoms with E-state index in [4.69, 9.17) is 4.42 Å². The van der Waals surface area contributed by atoms with E-state index in [2.05, 4.69) is 10.3 Å². The van der Waals surface area contributed by atoms with E-state index in [0.717, 1.165) is 0 Å². The maximum Gasteiger partial charge on any atom is 0.269 e. The first-order chi connectivity index (χ1) is 12.5. The molecule has 0 amide bonds. The molecule has 1 N–H and O–H groups in total. The fourth-order valence-corrected chi connectivity index (χ4v) is 2.46. The van der Waals surface area contributed by atoms with Crippen molar-refractivity contribution in [1.29, 1.82) is 0 Å². The van der Waals surface area contributed by atoms with Crippen molar-refractivity contribution < 1.29 is 14.3 Å². The predicted octanol–water partition coefficient (Wildman–Crippen LogP) is 3.54. The smallest absolute Gasteiger partial charge is 0.269 e. The van der Waals surface area contributed by atoms with E-state index in [1.807, 2.05) is 0 Å². The Kier molecular flexibility index (Phi) is 4.72. The van der Waals surface area contributed by atoms with E-state index in [-0.39, 0.29) is 11.4 Å². The van der Waals surface area contributed by atoms with Crippen molar-refractivity contribution in [3.63, 3.8) is 0 Å². The molecule has 3 rings (SSSR count). The molecule has 0 aliphatic heterocycles. The van der Waals surface area contributed by atoms with Gasteiger partial charge in [0.05, 0.1) is 16.4 Å². The summed E-state index contributed by atoms with van der Waals surface area (Å²) >= 11 is 0. The molecule has 0 aliphatic carbocycles. The van der Waals surface area contributed by atoms with Crippen LogP contribution in [-0.2, 0) is 6.54 Å². The van der Waals surface area contributed by atoms with Crippen LogP contribution in [0.4, 0.5) is 11.4 Å². The van der Waals surface area contributed by atoms with Gasteiger partial charge in [-0.1, -0.05) is 0 Å². The highest BCUT2D eigenvalue weighted by atomic mass is 16.6. The Balaban J connectivity index is 2.06. The van der Waals surface area contributed by atoms with Gasteiger partial charge in [-0.25, -0.2) is 4.98 Å². The van der Waals surface area contributed by atoms with Gasteiger partial charge in [0.1, 0.15) is 5.69 Å². The molecule has 0 bridgehead atoms. The van der Waals surface area contributed by atoms with Gasteiger partial charge in [-0.2, -0.15) is 0 Å². The molecule has 0 atom stereocenters. The molecule has 132 valence electrons. The zero-order valence-corrected chi connectivity index (χ0v) is 13.7. The number of nitro benzene ring substituents is 2. The highest BCUT2D eigenvalue weighted by Crippen LogP contribution is 2.34. The summed E-state index contributed by atoms with van der Waals surface area (Å²) in [7, 11) is 1.75. The summed E-state index contributed by atoms with van der Waals surface area (Å²) in [5.74, 6) is 0.883. The number of benzene rings is 2. The number of nitrogens with zero attached hydrogens (tertiary/aromatic N) is 3. The number of oxazole rings is 1. The molecular weight excluding hydrogens is 340 g/mol. The third-order valence-electron chi connectivity index (χ3n) is 3.69. The van der Waals surface area contributed by atoms with Crippen molar-refractivity contribution in [1.82, 2.24) is 10.3 Å². The molecule has 2 aromatic carbocycles. The number of nitro groups is 2. The monoisotopic (exact) mass is 354 g/mol. The molecule has 3 aromatic rings. The number of hydrogen-bond donors (Lipinski definition) is 1. The Morgan fingerprint density at radius 3 is 1.88 bits per heavy atom. The SMILES string of the molecule is CNCc1nc(-c2ccc([N+](=O)[O-])cc2)c(-c2ccc([N+](=O)[O-])cc2)o1. The first-order valence-electron chi connectivity index (χ1n) is 7.63. The van der Waals surface area contributed by atoms with E-state index in [1.165, 1.54) is 24.3 Å². The Morgan fingerprint density at radius 2 is 1.42 bits per heavy atom. The molecule has 0 saturated heterocycles. The van der Waals surface area contributed by atoms with Crippen LogP contribution in [0.25, 0.3) is 22.6 Å². The minimum absolute atomic E-state index is 0.0235. The molecule has 0 fully saturated rings. The van der Waals surface area contributed by atoms with Crippen LogP contribution in [0.3, 0.4) is 0 Å². The lowest BCUT2D eigenvalue weighted by Crippen LogP contribution is -2.04. The first kappa shape index (κ1) is 17.2. The van der Waals surface area contributed by atoms with Crippen molar-refractivity contribution >= 4 is 11.4 Å². The molecule has 26 heavy (non-hydrogen) atoms. The van der Waals surface area contributed by atoms with E-state index < -0.39 is 9.85 Å². The molecule has 1 aromatic heterocycles. The van der Waals surface area contributed by atoms with E-state index in [9.17, 15) is 20.2 Å². The molecule has 0 aliphatic rings. The summed E-state index contributed by atoms with van der Waals surface area (Å²) in [5, 5.41) is 24.6. The normalized spacial score (nSPS) is 10.7. The maximum atomic E-state index is 10.8. The molecular formula is C17H14N4O5.